The van der Waals surface area contributed by atoms with Crippen molar-refractivity contribution in [1.29, 1.82) is 0 Å². The standard InChI is InChI=1S/C22H29N/c1-5-8-9-10-19-23(4)22-17-15-21(16-18-22)14-13-20(11-6-2)12-7-3/h8-11,15-19H,5-7,12H2,1-4H3/b9-8-,19-10-,20-11-. The molecule has 0 unspecified atom stereocenters. The van der Waals surface area contributed by atoms with Gasteiger partial charge in [-0.25, -0.2) is 0 Å². The largest absolute Gasteiger partial charge is 0.351 e. The summed E-state index contributed by atoms with van der Waals surface area (Å²) in [6.45, 7) is 6.49. The minimum Gasteiger partial charge on any atom is -0.351 e. The Morgan fingerprint density at radius 1 is 1.04 bits per heavy atom. The summed E-state index contributed by atoms with van der Waals surface area (Å²) in [6.07, 6.45) is 14.9. The Morgan fingerprint density at radius 2 is 1.78 bits per heavy atom. The Balaban J connectivity index is 2.75. The molecule has 1 heteroatoms. The van der Waals surface area contributed by atoms with Gasteiger partial charge in [0.1, 0.15) is 0 Å². The summed E-state index contributed by atoms with van der Waals surface area (Å²) in [7, 11) is 2.06. The molecule has 1 nitrogen and oxygen atoms in total. The van der Waals surface area contributed by atoms with Gasteiger partial charge in [0.05, 0.1) is 0 Å². The fourth-order valence-electron chi connectivity index (χ4n) is 2.14. The van der Waals surface area contributed by atoms with Crippen molar-refractivity contribution in [3.63, 3.8) is 0 Å². The summed E-state index contributed by atoms with van der Waals surface area (Å²) in [5.41, 5.74) is 3.48. The van der Waals surface area contributed by atoms with Crippen LogP contribution in [-0.2, 0) is 0 Å². The first-order valence-corrected chi connectivity index (χ1v) is 8.58. The van der Waals surface area contributed by atoms with Crippen molar-refractivity contribution in [2.24, 2.45) is 0 Å². The summed E-state index contributed by atoms with van der Waals surface area (Å²) in [5.74, 6) is 6.58. The van der Waals surface area contributed by atoms with Crippen LogP contribution in [0.3, 0.4) is 0 Å². The molecular formula is C22H29N. The van der Waals surface area contributed by atoms with Gasteiger partial charge < -0.3 is 4.90 Å². The zero-order chi connectivity index (χ0) is 16.9. The van der Waals surface area contributed by atoms with Crippen LogP contribution in [0.25, 0.3) is 0 Å². The lowest BCUT2D eigenvalue weighted by atomic mass is 10.1. The normalized spacial score (nSPS) is 11.7. The number of anilines is 1. The molecule has 0 bridgehead atoms. The SMILES string of the molecule is CC/C=C\C=C/N(C)c1ccc(C#C/C(=C\CC)CCC)cc1. The van der Waals surface area contributed by atoms with Crippen molar-refractivity contribution in [3.05, 3.63) is 65.9 Å². The minimum atomic E-state index is 1.05. The van der Waals surface area contributed by atoms with E-state index in [1.165, 1.54) is 5.57 Å². The van der Waals surface area contributed by atoms with Crippen LogP contribution in [0.5, 0.6) is 0 Å². The maximum Gasteiger partial charge on any atom is 0.0404 e. The monoisotopic (exact) mass is 307 g/mol. The second-order valence-electron chi connectivity index (χ2n) is 5.47. The lowest BCUT2D eigenvalue weighted by molar-refractivity contribution is 0.924. The Bertz CT molecular complexity index is 591. The number of allylic oxidation sites excluding steroid dienone is 5. The molecule has 1 rings (SSSR count). The van der Waals surface area contributed by atoms with E-state index in [1.54, 1.807) is 0 Å². The van der Waals surface area contributed by atoms with Crippen LogP contribution in [0, 0.1) is 11.8 Å². The lowest BCUT2D eigenvalue weighted by Crippen LogP contribution is -2.07. The highest BCUT2D eigenvalue weighted by atomic mass is 15.1. The minimum absolute atomic E-state index is 1.05. The van der Waals surface area contributed by atoms with Gasteiger partial charge in [0.15, 0.2) is 0 Å². The van der Waals surface area contributed by atoms with E-state index >= 15 is 0 Å². The van der Waals surface area contributed by atoms with Gasteiger partial charge in [-0.1, -0.05) is 57.3 Å². The van der Waals surface area contributed by atoms with E-state index in [4.69, 9.17) is 0 Å². The molecular weight excluding hydrogens is 278 g/mol. The summed E-state index contributed by atoms with van der Waals surface area (Å²) in [5, 5.41) is 0. The maximum atomic E-state index is 3.31. The van der Waals surface area contributed by atoms with Gasteiger partial charge >= 0.3 is 0 Å². The zero-order valence-corrected chi connectivity index (χ0v) is 15.0. The molecule has 0 aromatic heterocycles. The number of hydrogen-bond acceptors (Lipinski definition) is 1. The summed E-state index contributed by atoms with van der Waals surface area (Å²) < 4.78 is 0. The summed E-state index contributed by atoms with van der Waals surface area (Å²) >= 11 is 0. The Morgan fingerprint density at radius 3 is 2.39 bits per heavy atom. The third kappa shape index (κ3) is 7.56. The highest BCUT2D eigenvalue weighted by Crippen LogP contribution is 2.14. The van der Waals surface area contributed by atoms with Crippen LogP contribution >= 0.6 is 0 Å². The van der Waals surface area contributed by atoms with Gasteiger partial charge in [0, 0.05) is 24.5 Å². The van der Waals surface area contributed by atoms with Crippen LogP contribution in [-0.4, -0.2) is 7.05 Å². The molecule has 1 aromatic rings. The molecule has 0 N–H and O–H groups in total. The van der Waals surface area contributed by atoms with Crippen molar-refractivity contribution in [2.75, 3.05) is 11.9 Å². The van der Waals surface area contributed by atoms with E-state index in [1.807, 2.05) is 0 Å². The van der Waals surface area contributed by atoms with Crippen LogP contribution in [0.2, 0.25) is 0 Å². The molecule has 0 spiro atoms. The van der Waals surface area contributed by atoms with Gasteiger partial charge in [0.25, 0.3) is 0 Å². The van der Waals surface area contributed by atoms with Crippen molar-refractivity contribution in [3.8, 4) is 11.8 Å². The summed E-state index contributed by atoms with van der Waals surface area (Å²) in [6, 6.07) is 8.40. The maximum absolute atomic E-state index is 3.31. The third-order valence-electron chi connectivity index (χ3n) is 3.40. The average Bonchev–Trinajstić information content (AvgIpc) is 2.57. The quantitative estimate of drug-likeness (QED) is 0.435. The Labute approximate surface area is 142 Å². The van der Waals surface area contributed by atoms with Gasteiger partial charge in [-0.2, -0.15) is 0 Å². The predicted octanol–water partition coefficient (Wildman–Crippen LogP) is 6.09. The van der Waals surface area contributed by atoms with E-state index in [0.29, 0.717) is 0 Å². The molecule has 0 aliphatic heterocycles. The first kappa shape index (κ1) is 18.8. The van der Waals surface area contributed by atoms with Crippen molar-refractivity contribution < 1.29 is 0 Å². The lowest BCUT2D eigenvalue weighted by Gasteiger charge is -2.13. The Kier molecular flexibility index (Phi) is 9.32. The zero-order valence-electron chi connectivity index (χ0n) is 15.0. The van der Waals surface area contributed by atoms with Gasteiger partial charge in [-0.3, -0.25) is 0 Å². The van der Waals surface area contributed by atoms with Gasteiger partial charge in [-0.05, 0) is 55.2 Å². The fraction of sp³-hybridized carbons (Fsp3) is 0.364. The molecule has 0 aliphatic carbocycles. The molecule has 0 radical (unpaired) electrons. The van der Waals surface area contributed by atoms with Crippen LogP contribution in [0.4, 0.5) is 5.69 Å². The summed E-state index contributed by atoms with van der Waals surface area (Å²) in [4.78, 5) is 2.11. The molecule has 122 valence electrons. The van der Waals surface area contributed by atoms with E-state index in [2.05, 4.69) is 99.3 Å². The van der Waals surface area contributed by atoms with Crippen LogP contribution < -0.4 is 4.90 Å². The van der Waals surface area contributed by atoms with Crippen LogP contribution in [0.1, 0.15) is 52.0 Å². The number of nitrogens with zero attached hydrogens (tertiary/aromatic N) is 1. The molecule has 0 fully saturated rings. The van der Waals surface area contributed by atoms with Gasteiger partial charge in [-0.15, -0.1) is 0 Å². The predicted molar refractivity (Wildman–Crippen MR) is 104 cm³/mol. The number of hydrogen-bond donors (Lipinski definition) is 0. The first-order valence-electron chi connectivity index (χ1n) is 8.58. The molecule has 0 saturated carbocycles. The topological polar surface area (TPSA) is 3.24 Å². The smallest absolute Gasteiger partial charge is 0.0404 e. The van der Waals surface area contributed by atoms with Crippen LogP contribution in [0.15, 0.2) is 60.3 Å². The average molecular weight is 307 g/mol. The van der Waals surface area contributed by atoms with Crippen molar-refractivity contribution >= 4 is 5.69 Å². The third-order valence-corrected chi connectivity index (χ3v) is 3.40. The molecule has 1 aromatic carbocycles. The number of benzene rings is 1. The van der Waals surface area contributed by atoms with Crippen molar-refractivity contribution in [2.45, 2.75) is 46.5 Å². The fourth-order valence-corrected chi connectivity index (χ4v) is 2.14. The molecule has 0 heterocycles. The first-order chi connectivity index (χ1) is 11.2. The molecule has 23 heavy (non-hydrogen) atoms. The van der Waals surface area contributed by atoms with Crippen molar-refractivity contribution in [1.82, 2.24) is 0 Å². The second kappa shape index (κ2) is 11.4. The van der Waals surface area contributed by atoms with E-state index < -0.39 is 0 Å². The highest BCUT2D eigenvalue weighted by Gasteiger charge is 1.96. The molecule has 0 aliphatic rings. The molecule has 0 saturated heterocycles. The van der Waals surface area contributed by atoms with E-state index in [9.17, 15) is 0 Å². The molecule has 0 atom stereocenters. The highest BCUT2D eigenvalue weighted by molar-refractivity contribution is 5.52. The van der Waals surface area contributed by atoms with E-state index in [-0.39, 0.29) is 0 Å². The Hall–Kier alpha value is -2.20. The van der Waals surface area contributed by atoms with Gasteiger partial charge in [0.2, 0.25) is 0 Å². The number of rotatable bonds is 7. The second-order valence-corrected chi connectivity index (χ2v) is 5.47. The van der Waals surface area contributed by atoms with E-state index in [0.717, 1.165) is 36.9 Å². The molecule has 0 amide bonds.